The van der Waals surface area contributed by atoms with Gasteiger partial charge in [-0.05, 0) is 19.3 Å². The second-order valence-electron chi connectivity index (χ2n) is 21.4. The van der Waals surface area contributed by atoms with Crippen LogP contribution >= 0.6 is 7.82 Å². The number of unbranched alkanes of at least 4 members (excludes halogenated alkanes) is 41. The highest BCUT2D eigenvalue weighted by Crippen LogP contribution is 2.38. The van der Waals surface area contributed by atoms with Gasteiger partial charge in [-0.2, -0.15) is 0 Å². The lowest BCUT2D eigenvalue weighted by molar-refractivity contribution is -0.870. The van der Waals surface area contributed by atoms with Crippen molar-refractivity contribution in [2.45, 2.75) is 309 Å². The summed E-state index contributed by atoms with van der Waals surface area (Å²) in [5, 5.41) is 13.9. The van der Waals surface area contributed by atoms with Gasteiger partial charge in [-0.3, -0.25) is 9.36 Å². The zero-order chi connectivity index (χ0) is 48.5. The number of allylic oxidation sites excluding steroid dienone is 1. The summed E-state index contributed by atoms with van der Waals surface area (Å²) in [7, 11) is 1.28. The Balaban J connectivity index is 4.13. The summed E-state index contributed by atoms with van der Waals surface area (Å²) < 4.78 is 23.4. The minimum Gasteiger partial charge on any atom is -0.756 e. The van der Waals surface area contributed by atoms with E-state index in [0.717, 1.165) is 38.5 Å². The Labute approximate surface area is 412 Å². The molecule has 0 radical (unpaired) electrons. The summed E-state index contributed by atoms with van der Waals surface area (Å²) in [4.78, 5) is 25.5. The number of amides is 1. The van der Waals surface area contributed by atoms with Gasteiger partial charge in [-0.1, -0.05) is 283 Å². The molecule has 0 aromatic rings. The van der Waals surface area contributed by atoms with Crippen molar-refractivity contribution < 1.29 is 32.9 Å². The molecule has 0 aliphatic heterocycles. The summed E-state index contributed by atoms with van der Waals surface area (Å²) in [5.41, 5.74) is 0. The number of nitrogens with one attached hydrogen (secondary N) is 1. The molecule has 3 unspecified atom stereocenters. The number of phosphoric ester groups is 1. The first-order valence-corrected chi connectivity index (χ1v) is 30.5. The highest BCUT2D eigenvalue weighted by atomic mass is 31.2. The predicted molar refractivity (Wildman–Crippen MR) is 284 cm³/mol. The van der Waals surface area contributed by atoms with Crippen LogP contribution in [0.1, 0.15) is 296 Å². The van der Waals surface area contributed by atoms with Gasteiger partial charge in [0.05, 0.1) is 39.9 Å². The largest absolute Gasteiger partial charge is 0.756 e. The number of likely N-dealkylation sites (N-methyl/N-ethyl adjacent to an activating group) is 1. The van der Waals surface area contributed by atoms with Crippen molar-refractivity contribution in [3.05, 3.63) is 12.2 Å². The second-order valence-corrected chi connectivity index (χ2v) is 22.8. The van der Waals surface area contributed by atoms with Crippen molar-refractivity contribution in [1.82, 2.24) is 5.32 Å². The molecular weight excluding hydrogens is 840 g/mol. The van der Waals surface area contributed by atoms with Crippen LogP contribution in [-0.2, 0) is 18.4 Å². The van der Waals surface area contributed by atoms with Crippen molar-refractivity contribution in [3.63, 3.8) is 0 Å². The predicted octanol–water partition coefficient (Wildman–Crippen LogP) is 16.8. The number of quaternary nitrogens is 1. The molecular formula is C57H115N2O6P. The van der Waals surface area contributed by atoms with Gasteiger partial charge in [-0.15, -0.1) is 0 Å². The Morgan fingerprint density at radius 1 is 0.515 bits per heavy atom. The van der Waals surface area contributed by atoms with E-state index in [1.807, 2.05) is 27.2 Å². The highest BCUT2D eigenvalue weighted by Gasteiger charge is 2.23. The number of nitrogens with zero attached hydrogens (tertiary/aromatic N) is 1. The maximum absolute atomic E-state index is 13.0. The smallest absolute Gasteiger partial charge is 0.268 e. The van der Waals surface area contributed by atoms with Crippen LogP contribution < -0.4 is 10.2 Å². The van der Waals surface area contributed by atoms with Crippen LogP contribution in [-0.4, -0.2) is 68.5 Å². The molecule has 2 N–H and O–H groups in total. The van der Waals surface area contributed by atoms with Gasteiger partial charge in [0.1, 0.15) is 13.2 Å². The van der Waals surface area contributed by atoms with Crippen molar-refractivity contribution >= 4 is 13.7 Å². The quantitative estimate of drug-likeness (QED) is 0.0272. The molecule has 3 atom stereocenters. The van der Waals surface area contributed by atoms with Crippen LogP contribution in [0, 0.1) is 0 Å². The van der Waals surface area contributed by atoms with Crippen LogP contribution in [0.4, 0.5) is 0 Å². The Hall–Kier alpha value is -0.760. The molecule has 0 spiro atoms. The Morgan fingerprint density at radius 3 is 1.14 bits per heavy atom. The summed E-state index contributed by atoms with van der Waals surface area (Å²) in [6, 6.07) is -0.882. The zero-order valence-electron chi connectivity index (χ0n) is 44.9. The van der Waals surface area contributed by atoms with Gasteiger partial charge in [0.15, 0.2) is 0 Å². The molecule has 0 fully saturated rings. The van der Waals surface area contributed by atoms with Gasteiger partial charge in [-0.25, -0.2) is 0 Å². The van der Waals surface area contributed by atoms with Crippen LogP contribution in [0.25, 0.3) is 0 Å². The zero-order valence-corrected chi connectivity index (χ0v) is 45.8. The van der Waals surface area contributed by atoms with Gasteiger partial charge < -0.3 is 28.8 Å². The lowest BCUT2D eigenvalue weighted by Crippen LogP contribution is -2.45. The molecule has 0 bridgehead atoms. The van der Waals surface area contributed by atoms with E-state index in [1.165, 1.54) is 238 Å². The molecule has 0 aliphatic carbocycles. The number of hydrogen-bond acceptors (Lipinski definition) is 6. The fraction of sp³-hybridized carbons (Fsp3) is 0.947. The van der Waals surface area contributed by atoms with Gasteiger partial charge in [0.2, 0.25) is 5.91 Å². The van der Waals surface area contributed by atoms with Crippen molar-refractivity contribution in [2.75, 3.05) is 40.9 Å². The fourth-order valence-electron chi connectivity index (χ4n) is 8.92. The Bertz CT molecular complexity index is 1080. The number of phosphoric acid groups is 1. The molecule has 0 saturated carbocycles. The van der Waals surface area contributed by atoms with Crippen molar-refractivity contribution in [3.8, 4) is 0 Å². The first-order valence-electron chi connectivity index (χ1n) is 29.1. The molecule has 0 aromatic carbocycles. The number of rotatable bonds is 54. The van der Waals surface area contributed by atoms with E-state index >= 15 is 0 Å². The first kappa shape index (κ1) is 65.2. The van der Waals surface area contributed by atoms with Crippen LogP contribution in [0.2, 0.25) is 0 Å². The van der Waals surface area contributed by atoms with Gasteiger partial charge in [0, 0.05) is 6.42 Å². The molecule has 8 nitrogen and oxygen atoms in total. The second kappa shape index (κ2) is 49.2. The molecule has 66 heavy (non-hydrogen) atoms. The van der Waals surface area contributed by atoms with Crippen LogP contribution in [0.3, 0.4) is 0 Å². The molecule has 394 valence electrons. The van der Waals surface area contributed by atoms with Crippen LogP contribution in [0.5, 0.6) is 0 Å². The monoisotopic (exact) mass is 955 g/mol. The van der Waals surface area contributed by atoms with E-state index in [9.17, 15) is 19.4 Å². The Morgan fingerprint density at radius 2 is 0.818 bits per heavy atom. The van der Waals surface area contributed by atoms with E-state index in [1.54, 1.807) is 6.08 Å². The van der Waals surface area contributed by atoms with E-state index in [-0.39, 0.29) is 19.1 Å². The molecule has 0 heterocycles. The first-order chi connectivity index (χ1) is 32.0. The van der Waals surface area contributed by atoms with Gasteiger partial charge in [0.25, 0.3) is 7.82 Å². The lowest BCUT2D eigenvalue weighted by Gasteiger charge is -2.29. The lowest BCUT2D eigenvalue weighted by atomic mass is 10.0. The third-order valence-corrected chi connectivity index (χ3v) is 14.5. The fourth-order valence-corrected chi connectivity index (χ4v) is 9.64. The minimum atomic E-state index is -4.59. The Kier molecular flexibility index (Phi) is 48.7. The third kappa shape index (κ3) is 51.1. The summed E-state index contributed by atoms with van der Waals surface area (Å²) in [5.74, 6) is -0.190. The number of aliphatic hydroxyl groups excluding tert-OH is 1. The SMILES string of the molecule is CCCCCCCCCCCCCCCCCC/C=C/C(O)C(COP(=O)([O-])OCC[N+](C)(C)C)NC(=O)CCCCCCCCCCCCCCCCCCCCCCCCCCCC. The minimum absolute atomic E-state index is 0.00266. The third-order valence-electron chi connectivity index (χ3n) is 13.5. The van der Waals surface area contributed by atoms with Crippen molar-refractivity contribution in [1.29, 1.82) is 0 Å². The van der Waals surface area contributed by atoms with Crippen LogP contribution in [0.15, 0.2) is 12.2 Å². The average Bonchev–Trinajstić information content (AvgIpc) is 3.28. The summed E-state index contributed by atoms with van der Waals surface area (Å²) in [6.07, 6.45) is 60.0. The van der Waals surface area contributed by atoms with Crippen molar-refractivity contribution in [2.24, 2.45) is 0 Å². The topological polar surface area (TPSA) is 108 Å². The molecule has 0 aliphatic rings. The number of hydrogen-bond donors (Lipinski definition) is 2. The molecule has 0 rings (SSSR count). The van der Waals surface area contributed by atoms with Gasteiger partial charge >= 0.3 is 0 Å². The normalized spacial score (nSPS) is 14.0. The maximum Gasteiger partial charge on any atom is 0.268 e. The standard InChI is InChI=1S/C57H115N2O6P/c1-6-8-10-12-14-16-18-20-22-24-26-27-28-29-30-31-32-33-35-37-39-41-43-45-47-49-51-57(61)58-55(54-65-66(62,63)64-53-52-59(3,4)5)56(60)50-48-46-44-42-40-38-36-34-25-23-21-19-17-15-13-11-9-7-2/h48,50,55-56,60H,6-47,49,51-54H2,1-5H3,(H-,58,61,62,63)/b50-48+. The molecule has 0 aromatic heterocycles. The average molecular weight is 956 g/mol. The number of carbonyl (C=O) groups excluding carboxylic acids is 1. The highest BCUT2D eigenvalue weighted by molar-refractivity contribution is 7.45. The molecule has 1 amide bonds. The van der Waals surface area contributed by atoms with E-state index in [2.05, 4.69) is 19.2 Å². The number of aliphatic hydroxyl groups is 1. The van der Waals surface area contributed by atoms with E-state index < -0.39 is 20.0 Å². The maximum atomic E-state index is 13.0. The summed E-state index contributed by atoms with van der Waals surface area (Å²) in [6.45, 7) is 4.70. The molecule has 9 heteroatoms. The number of carbonyl (C=O) groups is 1. The molecule has 0 saturated heterocycles. The van der Waals surface area contributed by atoms with E-state index in [4.69, 9.17) is 9.05 Å². The summed E-state index contributed by atoms with van der Waals surface area (Å²) >= 11 is 0. The van der Waals surface area contributed by atoms with E-state index in [0.29, 0.717) is 17.4 Å².